The van der Waals surface area contributed by atoms with Gasteiger partial charge in [0.2, 0.25) is 0 Å². The fourth-order valence-electron chi connectivity index (χ4n) is 2.24. The van der Waals surface area contributed by atoms with Crippen molar-refractivity contribution in [3.05, 3.63) is 23.8 Å². The van der Waals surface area contributed by atoms with Gasteiger partial charge < -0.3 is 10.5 Å². The maximum absolute atomic E-state index is 12.1. The lowest BCUT2D eigenvalue weighted by Crippen LogP contribution is -2.14. The van der Waals surface area contributed by atoms with Crippen LogP contribution >= 0.6 is 11.3 Å². The van der Waals surface area contributed by atoms with Gasteiger partial charge in [-0.05, 0) is 30.5 Å². The van der Waals surface area contributed by atoms with Crippen molar-refractivity contribution in [3.63, 3.8) is 0 Å². The number of nitrogens with two attached hydrogens (primary N) is 1. The lowest BCUT2D eigenvalue weighted by molar-refractivity contribution is 0.0428. The molecule has 0 saturated heterocycles. The molecule has 0 saturated carbocycles. The molecule has 1 atom stereocenters. The molecule has 0 aliphatic heterocycles. The molecule has 0 bridgehead atoms. The number of rotatable bonds is 7. The molecule has 0 aliphatic rings. The Bertz CT molecular complexity index is 609. The molecular formula is C16H22N2O2S. The predicted octanol–water partition coefficient (Wildman–Crippen LogP) is 4.25. The predicted molar refractivity (Wildman–Crippen MR) is 87.6 cm³/mol. The number of ether oxygens (including phenoxy) is 1. The van der Waals surface area contributed by atoms with E-state index in [-0.39, 0.29) is 5.97 Å². The maximum Gasteiger partial charge on any atom is 0.338 e. The molecule has 5 heteroatoms. The molecule has 0 radical (unpaired) electrons. The van der Waals surface area contributed by atoms with Crippen molar-refractivity contribution < 1.29 is 9.53 Å². The standard InChI is InChI=1S/C16H22N2O2S/c1-3-5-6-11(4-2)10-20-15(19)12-7-8-13-14(9-12)21-16(17)18-13/h7-9,11H,3-6,10H2,1-2H3,(H2,17,18). The first-order valence-electron chi connectivity index (χ1n) is 7.47. The van der Waals surface area contributed by atoms with Crippen LogP contribution in [0.2, 0.25) is 0 Å². The number of unbranched alkanes of at least 4 members (excludes halogenated alkanes) is 1. The number of anilines is 1. The monoisotopic (exact) mass is 306 g/mol. The summed E-state index contributed by atoms with van der Waals surface area (Å²) in [6, 6.07) is 5.36. The Labute approximate surface area is 129 Å². The van der Waals surface area contributed by atoms with Crippen molar-refractivity contribution >= 4 is 32.7 Å². The summed E-state index contributed by atoms with van der Waals surface area (Å²) < 4.78 is 6.36. The SMILES string of the molecule is CCCCC(CC)COC(=O)c1ccc2nc(N)sc2c1. The third-order valence-corrected chi connectivity index (χ3v) is 4.48. The van der Waals surface area contributed by atoms with Crippen molar-refractivity contribution in [3.8, 4) is 0 Å². The molecule has 0 aliphatic carbocycles. The van der Waals surface area contributed by atoms with Gasteiger partial charge in [0.1, 0.15) is 0 Å². The fourth-order valence-corrected chi connectivity index (χ4v) is 3.02. The summed E-state index contributed by atoms with van der Waals surface area (Å²) in [6.07, 6.45) is 4.51. The molecule has 21 heavy (non-hydrogen) atoms. The minimum Gasteiger partial charge on any atom is -0.462 e. The van der Waals surface area contributed by atoms with E-state index >= 15 is 0 Å². The molecule has 1 heterocycles. The van der Waals surface area contributed by atoms with Crippen LogP contribution in [0.15, 0.2) is 18.2 Å². The molecule has 2 rings (SSSR count). The minimum atomic E-state index is -0.265. The summed E-state index contributed by atoms with van der Waals surface area (Å²) in [4.78, 5) is 16.3. The number of carbonyl (C=O) groups excluding carboxylic acids is 1. The Morgan fingerprint density at radius 3 is 2.95 bits per heavy atom. The quantitative estimate of drug-likeness (QED) is 0.777. The summed E-state index contributed by atoms with van der Waals surface area (Å²) >= 11 is 1.38. The number of benzene rings is 1. The van der Waals surface area contributed by atoms with Crippen molar-refractivity contribution in [2.75, 3.05) is 12.3 Å². The average molecular weight is 306 g/mol. The van der Waals surface area contributed by atoms with Gasteiger partial charge in [-0.2, -0.15) is 0 Å². The van der Waals surface area contributed by atoms with E-state index in [9.17, 15) is 4.79 Å². The number of thiazole rings is 1. The van der Waals surface area contributed by atoms with Gasteiger partial charge in [0.15, 0.2) is 5.13 Å². The number of esters is 1. The molecule has 0 amide bonds. The Morgan fingerprint density at radius 1 is 1.43 bits per heavy atom. The van der Waals surface area contributed by atoms with Crippen LogP contribution in [0.3, 0.4) is 0 Å². The average Bonchev–Trinajstić information content (AvgIpc) is 2.86. The summed E-state index contributed by atoms with van der Waals surface area (Å²) in [5, 5.41) is 0.515. The molecule has 1 aromatic heterocycles. The molecule has 2 aromatic rings. The molecule has 1 aromatic carbocycles. The van der Waals surface area contributed by atoms with Crippen LogP contribution in [-0.4, -0.2) is 17.6 Å². The van der Waals surface area contributed by atoms with E-state index in [0.717, 1.165) is 23.1 Å². The Balaban J connectivity index is 1.97. The molecule has 4 nitrogen and oxygen atoms in total. The van der Waals surface area contributed by atoms with E-state index in [0.29, 0.717) is 23.2 Å². The fraction of sp³-hybridized carbons (Fsp3) is 0.500. The Kier molecular flexibility index (Phi) is 5.56. The lowest BCUT2D eigenvalue weighted by atomic mass is 10.0. The molecule has 2 N–H and O–H groups in total. The molecule has 114 valence electrons. The first-order valence-corrected chi connectivity index (χ1v) is 8.28. The van der Waals surface area contributed by atoms with Crippen molar-refractivity contribution in [2.24, 2.45) is 5.92 Å². The van der Waals surface area contributed by atoms with Gasteiger partial charge in [-0.1, -0.05) is 44.4 Å². The van der Waals surface area contributed by atoms with Crippen LogP contribution < -0.4 is 5.73 Å². The normalized spacial score (nSPS) is 12.5. The summed E-state index contributed by atoms with van der Waals surface area (Å²) in [5.41, 5.74) is 7.06. The van der Waals surface area contributed by atoms with E-state index < -0.39 is 0 Å². The van der Waals surface area contributed by atoms with Crippen LogP contribution in [-0.2, 0) is 4.74 Å². The third kappa shape index (κ3) is 4.17. The van der Waals surface area contributed by atoms with Crippen molar-refractivity contribution in [2.45, 2.75) is 39.5 Å². The number of aromatic nitrogens is 1. The highest BCUT2D eigenvalue weighted by Crippen LogP contribution is 2.25. The van der Waals surface area contributed by atoms with Gasteiger partial charge in [0, 0.05) is 0 Å². The van der Waals surface area contributed by atoms with E-state index in [1.807, 2.05) is 6.07 Å². The number of hydrogen-bond donors (Lipinski definition) is 1. The van der Waals surface area contributed by atoms with E-state index in [1.54, 1.807) is 12.1 Å². The second-order valence-corrected chi connectivity index (χ2v) is 6.31. The van der Waals surface area contributed by atoms with E-state index in [1.165, 1.54) is 24.2 Å². The first-order chi connectivity index (χ1) is 10.1. The minimum absolute atomic E-state index is 0.265. The summed E-state index contributed by atoms with van der Waals surface area (Å²) in [7, 11) is 0. The van der Waals surface area contributed by atoms with Gasteiger partial charge >= 0.3 is 5.97 Å². The zero-order valence-electron chi connectivity index (χ0n) is 12.6. The Morgan fingerprint density at radius 2 is 2.24 bits per heavy atom. The lowest BCUT2D eigenvalue weighted by Gasteiger charge is -2.14. The number of nitrogen functional groups attached to an aromatic ring is 1. The smallest absolute Gasteiger partial charge is 0.338 e. The highest BCUT2D eigenvalue weighted by Gasteiger charge is 2.13. The van der Waals surface area contributed by atoms with Gasteiger partial charge in [-0.15, -0.1) is 0 Å². The van der Waals surface area contributed by atoms with Crippen molar-refractivity contribution in [1.82, 2.24) is 4.98 Å². The van der Waals surface area contributed by atoms with Crippen LogP contribution in [0.5, 0.6) is 0 Å². The Hall–Kier alpha value is -1.62. The van der Waals surface area contributed by atoms with Gasteiger partial charge in [-0.25, -0.2) is 9.78 Å². The second-order valence-electron chi connectivity index (χ2n) is 5.25. The summed E-state index contributed by atoms with van der Waals surface area (Å²) in [5.74, 6) is 0.190. The molecule has 0 spiro atoms. The van der Waals surface area contributed by atoms with Gasteiger partial charge in [-0.3, -0.25) is 0 Å². The van der Waals surface area contributed by atoms with Crippen molar-refractivity contribution in [1.29, 1.82) is 0 Å². The second kappa shape index (κ2) is 7.41. The molecule has 1 unspecified atom stereocenters. The molecular weight excluding hydrogens is 284 g/mol. The van der Waals surface area contributed by atoms with Gasteiger partial charge in [0.25, 0.3) is 0 Å². The zero-order chi connectivity index (χ0) is 15.2. The highest BCUT2D eigenvalue weighted by molar-refractivity contribution is 7.22. The number of hydrogen-bond acceptors (Lipinski definition) is 5. The van der Waals surface area contributed by atoms with Crippen LogP contribution in [0.1, 0.15) is 49.9 Å². The van der Waals surface area contributed by atoms with E-state index in [4.69, 9.17) is 10.5 Å². The molecule has 0 fully saturated rings. The largest absolute Gasteiger partial charge is 0.462 e. The number of carbonyl (C=O) groups is 1. The van der Waals surface area contributed by atoms with Gasteiger partial charge in [0.05, 0.1) is 22.4 Å². The van der Waals surface area contributed by atoms with Crippen LogP contribution in [0.4, 0.5) is 5.13 Å². The topological polar surface area (TPSA) is 65.2 Å². The summed E-state index contributed by atoms with van der Waals surface area (Å²) in [6.45, 7) is 4.81. The van der Waals surface area contributed by atoms with Crippen LogP contribution in [0, 0.1) is 5.92 Å². The highest BCUT2D eigenvalue weighted by atomic mass is 32.1. The van der Waals surface area contributed by atoms with E-state index in [2.05, 4.69) is 18.8 Å². The maximum atomic E-state index is 12.1. The number of fused-ring (bicyclic) bond motifs is 1. The third-order valence-electron chi connectivity index (χ3n) is 3.63. The number of nitrogens with zero attached hydrogens (tertiary/aromatic N) is 1. The van der Waals surface area contributed by atoms with Crippen LogP contribution in [0.25, 0.3) is 10.2 Å². The first kappa shape index (κ1) is 15.8. The zero-order valence-corrected chi connectivity index (χ0v) is 13.4.